The molecule has 1 aromatic heterocycles. The van der Waals surface area contributed by atoms with E-state index in [0.717, 1.165) is 47.0 Å². The van der Waals surface area contributed by atoms with Crippen molar-refractivity contribution in [3.8, 4) is 17.0 Å². The number of anilines is 2. The van der Waals surface area contributed by atoms with Gasteiger partial charge in [0.2, 0.25) is 5.88 Å². The zero-order chi connectivity index (χ0) is 19.5. The molecule has 1 aliphatic heterocycles. The number of nitrogens with zero attached hydrogens (tertiary/aromatic N) is 2. The van der Waals surface area contributed by atoms with Crippen LogP contribution in [-0.2, 0) is 0 Å². The molecular weight excluding hydrogens is 393 g/mol. The molecule has 1 saturated heterocycles. The number of rotatable bonds is 5. The van der Waals surface area contributed by atoms with Crippen LogP contribution in [0.1, 0.15) is 6.42 Å². The number of pyridine rings is 1. The van der Waals surface area contributed by atoms with Crippen molar-refractivity contribution in [1.82, 2.24) is 4.98 Å². The molecule has 3 aromatic rings. The van der Waals surface area contributed by atoms with Crippen LogP contribution in [0.15, 0.2) is 60.8 Å². The summed E-state index contributed by atoms with van der Waals surface area (Å²) in [5, 5.41) is 4.61. The van der Waals surface area contributed by atoms with Gasteiger partial charge < -0.3 is 15.0 Å². The van der Waals surface area contributed by atoms with Crippen LogP contribution in [0.3, 0.4) is 0 Å². The molecule has 1 aliphatic rings. The first kappa shape index (κ1) is 18.9. The molecule has 28 heavy (non-hydrogen) atoms. The Morgan fingerprint density at radius 1 is 1.07 bits per heavy atom. The number of aromatic nitrogens is 1. The number of ether oxygens (including phenoxy) is 1. The number of hydrogen-bond acceptors (Lipinski definition) is 4. The Balaban J connectivity index is 1.53. The molecule has 0 spiro atoms. The molecular formula is C22H21Cl2N3O. The van der Waals surface area contributed by atoms with Gasteiger partial charge >= 0.3 is 0 Å². The molecule has 1 N–H and O–H groups in total. The summed E-state index contributed by atoms with van der Waals surface area (Å²) in [6, 6.07) is 17.9. The van der Waals surface area contributed by atoms with Gasteiger partial charge in [0.1, 0.15) is 11.1 Å². The fourth-order valence-corrected chi connectivity index (χ4v) is 3.94. The van der Waals surface area contributed by atoms with Crippen LogP contribution in [0.4, 0.5) is 11.4 Å². The Morgan fingerprint density at radius 3 is 2.68 bits per heavy atom. The normalized spacial score (nSPS) is 16.2. The van der Waals surface area contributed by atoms with Crippen molar-refractivity contribution < 1.29 is 4.74 Å². The first-order valence-corrected chi connectivity index (χ1v) is 10.00. The van der Waals surface area contributed by atoms with E-state index in [-0.39, 0.29) is 6.10 Å². The summed E-state index contributed by atoms with van der Waals surface area (Å²) in [6.07, 6.45) is 2.67. The summed E-state index contributed by atoms with van der Waals surface area (Å²) in [6.45, 7) is 1.70. The molecule has 144 valence electrons. The van der Waals surface area contributed by atoms with Gasteiger partial charge in [0.05, 0.1) is 17.9 Å². The quantitative estimate of drug-likeness (QED) is 0.577. The second-order valence-electron chi connectivity index (χ2n) is 6.73. The van der Waals surface area contributed by atoms with Crippen LogP contribution in [-0.4, -0.2) is 31.2 Å². The molecule has 0 amide bonds. The Bertz CT molecular complexity index is 980. The van der Waals surface area contributed by atoms with Gasteiger partial charge in [0.15, 0.2) is 0 Å². The molecule has 6 heteroatoms. The number of nitrogens with one attached hydrogen (secondary N) is 1. The monoisotopic (exact) mass is 413 g/mol. The lowest BCUT2D eigenvalue weighted by Gasteiger charge is -2.23. The van der Waals surface area contributed by atoms with E-state index in [1.165, 1.54) is 0 Å². The molecule has 0 unspecified atom stereocenters. The van der Waals surface area contributed by atoms with Gasteiger partial charge in [0, 0.05) is 36.8 Å². The maximum atomic E-state index is 6.37. The number of hydrogen-bond donors (Lipinski definition) is 1. The van der Waals surface area contributed by atoms with E-state index in [1.807, 2.05) is 31.3 Å². The zero-order valence-corrected chi connectivity index (χ0v) is 17.0. The minimum atomic E-state index is 0.0559. The third kappa shape index (κ3) is 3.89. The summed E-state index contributed by atoms with van der Waals surface area (Å²) in [4.78, 5) is 6.55. The molecule has 0 bridgehead atoms. The van der Waals surface area contributed by atoms with Crippen molar-refractivity contribution >= 4 is 34.6 Å². The van der Waals surface area contributed by atoms with E-state index in [1.54, 1.807) is 18.3 Å². The van der Waals surface area contributed by atoms with Crippen molar-refractivity contribution in [2.45, 2.75) is 12.5 Å². The minimum Gasteiger partial charge on any atom is -0.471 e. The second-order valence-corrected chi connectivity index (χ2v) is 7.54. The Labute approximate surface area is 175 Å². The summed E-state index contributed by atoms with van der Waals surface area (Å²) >= 11 is 12.5. The predicted molar refractivity (Wildman–Crippen MR) is 117 cm³/mol. The van der Waals surface area contributed by atoms with E-state index in [9.17, 15) is 0 Å². The predicted octanol–water partition coefficient (Wildman–Crippen LogP) is 5.75. The maximum Gasteiger partial charge on any atom is 0.232 e. The SMILES string of the molecule is CNc1cc(-c2ccccc2Cl)ccc1N1CC[C@H](Oc2ncccc2Cl)C1. The fraction of sp³-hybridized carbons (Fsp3) is 0.227. The van der Waals surface area contributed by atoms with Crippen molar-refractivity contribution in [2.24, 2.45) is 0 Å². The largest absolute Gasteiger partial charge is 0.471 e. The van der Waals surface area contributed by atoms with Gasteiger partial charge in [-0.25, -0.2) is 4.98 Å². The highest BCUT2D eigenvalue weighted by molar-refractivity contribution is 6.33. The molecule has 0 aliphatic carbocycles. The summed E-state index contributed by atoms with van der Waals surface area (Å²) in [5.74, 6) is 0.499. The molecule has 0 saturated carbocycles. The van der Waals surface area contributed by atoms with E-state index in [4.69, 9.17) is 27.9 Å². The van der Waals surface area contributed by atoms with Gasteiger partial charge in [-0.1, -0.05) is 47.5 Å². The first-order valence-electron chi connectivity index (χ1n) is 9.24. The Kier molecular flexibility index (Phi) is 5.60. The van der Waals surface area contributed by atoms with Gasteiger partial charge in [0.25, 0.3) is 0 Å². The number of benzene rings is 2. The van der Waals surface area contributed by atoms with E-state index < -0.39 is 0 Å². The summed E-state index contributed by atoms with van der Waals surface area (Å²) < 4.78 is 6.02. The molecule has 2 heterocycles. The van der Waals surface area contributed by atoms with Gasteiger partial charge in [-0.15, -0.1) is 0 Å². The van der Waals surface area contributed by atoms with Crippen molar-refractivity contribution in [3.05, 3.63) is 70.8 Å². The topological polar surface area (TPSA) is 37.4 Å². The van der Waals surface area contributed by atoms with Gasteiger partial charge in [-0.2, -0.15) is 0 Å². The molecule has 4 rings (SSSR count). The van der Waals surface area contributed by atoms with Crippen LogP contribution in [0.2, 0.25) is 10.0 Å². The van der Waals surface area contributed by atoms with Gasteiger partial charge in [-0.3, -0.25) is 0 Å². The highest BCUT2D eigenvalue weighted by atomic mass is 35.5. The Hall–Kier alpha value is -2.43. The zero-order valence-electron chi connectivity index (χ0n) is 15.5. The summed E-state index contributed by atoms with van der Waals surface area (Å²) in [7, 11) is 1.94. The van der Waals surface area contributed by atoms with Gasteiger partial charge in [-0.05, 0) is 35.9 Å². The lowest BCUT2D eigenvalue weighted by atomic mass is 10.0. The van der Waals surface area contributed by atoms with Crippen LogP contribution in [0.5, 0.6) is 5.88 Å². The standard InChI is InChI=1S/C22H21Cl2N3O/c1-25-20-13-15(17-5-2-3-6-18(17)23)8-9-21(20)27-12-10-16(14-27)28-22-19(24)7-4-11-26-22/h2-9,11,13,16,25H,10,12,14H2,1H3/t16-/m0/s1. The smallest absolute Gasteiger partial charge is 0.232 e. The third-order valence-corrected chi connectivity index (χ3v) is 5.56. The van der Waals surface area contributed by atoms with Crippen LogP contribution in [0.25, 0.3) is 11.1 Å². The first-order chi connectivity index (χ1) is 13.7. The van der Waals surface area contributed by atoms with E-state index in [2.05, 4.69) is 33.4 Å². The van der Waals surface area contributed by atoms with Crippen molar-refractivity contribution in [1.29, 1.82) is 0 Å². The van der Waals surface area contributed by atoms with E-state index >= 15 is 0 Å². The molecule has 4 nitrogen and oxygen atoms in total. The average Bonchev–Trinajstić information content (AvgIpc) is 3.18. The molecule has 0 radical (unpaired) electrons. The van der Waals surface area contributed by atoms with Crippen molar-refractivity contribution in [2.75, 3.05) is 30.4 Å². The molecule has 2 aromatic carbocycles. The lowest BCUT2D eigenvalue weighted by Crippen LogP contribution is -2.25. The minimum absolute atomic E-state index is 0.0559. The average molecular weight is 414 g/mol. The maximum absolute atomic E-state index is 6.37. The fourth-order valence-electron chi connectivity index (χ4n) is 3.53. The summed E-state index contributed by atoms with van der Waals surface area (Å²) in [5.41, 5.74) is 4.33. The number of halogens is 2. The highest BCUT2D eigenvalue weighted by Crippen LogP contribution is 2.36. The van der Waals surface area contributed by atoms with Crippen LogP contribution in [0, 0.1) is 0 Å². The van der Waals surface area contributed by atoms with Crippen LogP contribution >= 0.6 is 23.2 Å². The lowest BCUT2D eigenvalue weighted by molar-refractivity contribution is 0.216. The third-order valence-electron chi connectivity index (χ3n) is 4.94. The molecule has 1 atom stereocenters. The van der Waals surface area contributed by atoms with E-state index in [0.29, 0.717) is 10.9 Å². The van der Waals surface area contributed by atoms with Crippen molar-refractivity contribution in [3.63, 3.8) is 0 Å². The highest BCUT2D eigenvalue weighted by Gasteiger charge is 2.26. The second kappa shape index (κ2) is 8.29. The Morgan fingerprint density at radius 2 is 1.89 bits per heavy atom. The molecule has 1 fully saturated rings. The van der Waals surface area contributed by atoms with Crippen LogP contribution < -0.4 is 15.0 Å².